The Morgan fingerprint density at radius 3 is 2.82 bits per heavy atom. The van der Waals surface area contributed by atoms with Crippen LogP contribution in [0.5, 0.6) is 0 Å². The topological polar surface area (TPSA) is 26.0 Å². The van der Waals surface area contributed by atoms with Crippen LogP contribution in [0.2, 0.25) is 0 Å². The molecule has 11 heavy (non-hydrogen) atoms. The number of thiophene rings is 1. The fraction of sp³-hybridized carbons (Fsp3) is 0.556. The van der Waals surface area contributed by atoms with E-state index in [1.165, 1.54) is 10.4 Å². The lowest BCUT2D eigenvalue weighted by Gasteiger charge is -2.06. The first kappa shape index (κ1) is 8.75. The van der Waals surface area contributed by atoms with E-state index in [1.807, 2.05) is 0 Å². The number of nitrogens with two attached hydrogens (primary N) is 1. The third kappa shape index (κ3) is 2.31. The van der Waals surface area contributed by atoms with E-state index in [0.717, 1.165) is 12.8 Å². The molecule has 1 nitrogen and oxygen atoms in total. The molecule has 0 fully saturated rings. The van der Waals surface area contributed by atoms with Crippen molar-refractivity contribution in [1.29, 1.82) is 0 Å². The Bertz CT molecular complexity index is 217. The number of hydrogen-bond acceptors (Lipinski definition) is 2. The van der Waals surface area contributed by atoms with Crippen molar-refractivity contribution in [2.24, 2.45) is 5.73 Å². The number of rotatable bonds is 3. The zero-order valence-electron chi connectivity index (χ0n) is 7.13. The Labute approximate surface area is 72.2 Å². The molecular weight excluding hydrogens is 154 g/mol. The van der Waals surface area contributed by atoms with Gasteiger partial charge >= 0.3 is 0 Å². The van der Waals surface area contributed by atoms with Crippen molar-refractivity contribution < 1.29 is 0 Å². The van der Waals surface area contributed by atoms with Crippen LogP contribution in [0.15, 0.2) is 11.4 Å². The van der Waals surface area contributed by atoms with E-state index in [0.29, 0.717) is 0 Å². The minimum Gasteiger partial charge on any atom is -0.324 e. The highest BCUT2D eigenvalue weighted by atomic mass is 32.1. The van der Waals surface area contributed by atoms with Crippen LogP contribution in [0.3, 0.4) is 0 Å². The Morgan fingerprint density at radius 1 is 1.64 bits per heavy atom. The molecular formula is C9H15NS. The van der Waals surface area contributed by atoms with Gasteiger partial charge in [0.2, 0.25) is 0 Å². The zero-order chi connectivity index (χ0) is 8.27. The molecule has 0 aliphatic heterocycles. The molecule has 1 atom stereocenters. The Balaban J connectivity index is 2.60. The maximum atomic E-state index is 5.93. The molecule has 2 heteroatoms. The normalized spacial score (nSPS) is 13.4. The summed E-state index contributed by atoms with van der Waals surface area (Å²) in [5, 5.41) is 2.16. The molecule has 0 aromatic carbocycles. The summed E-state index contributed by atoms with van der Waals surface area (Å²) in [7, 11) is 0. The monoisotopic (exact) mass is 169 g/mol. The Kier molecular flexibility index (Phi) is 3.09. The van der Waals surface area contributed by atoms with E-state index in [4.69, 9.17) is 5.73 Å². The van der Waals surface area contributed by atoms with E-state index in [-0.39, 0.29) is 6.04 Å². The first-order valence-corrected chi connectivity index (χ1v) is 4.92. The molecule has 62 valence electrons. The largest absolute Gasteiger partial charge is 0.324 e. The smallest absolute Gasteiger partial charge is 0.0303 e. The predicted molar refractivity (Wildman–Crippen MR) is 50.9 cm³/mol. The summed E-state index contributed by atoms with van der Waals surface area (Å²) >= 11 is 1.78. The quantitative estimate of drug-likeness (QED) is 0.739. The van der Waals surface area contributed by atoms with Gasteiger partial charge in [0.05, 0.1) is 0 Å². The van der Waals surface area contributed by atoms with Crippen LogP contribution in [0.25, 0.3) is 0 Å². The fourth-order valence-electron chi connectivity index (χ4n) is 1.14. The molecule has 0 saturated heterocycles. The lowest BCUT2D eigenvalue weighted by atomic mass is 10.1. The van der Waals surface area contributed by atoms with Gasteiger partial charge in [-0.25, -0.2) is 0 Å². The minimum atomic E-state index is 0.255. The Morgan fingerprint density at radius 2 is 2.36 bits per heavy atom. The zero-order valence-corrected chi connectivity index (χ0v) is 7.95. The van der Waals surface area contributed by atoms with Crippen LogP contribution in [0.4, 0.5) is 0 Å². The number of aryl methyl sites for hydroxylation is 1. The maximum Gasteiger partial charge on any atom is 0.0303 e. The SMILES string of the molecule is CCCC(N)c1csc(C)c1. The van der Waals surface area contributed by atoms with E-state index in [2.05, 4.69) is 25.3 Å². The van der Waals surface area contributed by atoms with Crippen LogP contribution in [0, 0.1) is 6.92 Å². The molecule has 1 heterocycles. The van der Waals surface area contributed by atoms with Gasteiger partial charge in [-0.05, 0) is 30.4 Å². The lowest BCUT2D eigenvalue weighted by molar-refractivity contribution is 0.640. The standard InChI is InChI=1S/C9H15NS/c1-3-4-9(10)8-5-7(2)11-6-8/h5-6,9H,3-4,10H2,1-2H3. The maximum absolute atomic E-state index is 5.93. The molecule has 1 aromatic heterocycles. The van der Waals surface area contributed by atoms with Gasteiger partial charge in [0.25, 0.3) is 0 Å². The molecule has 0 radical (unpaired) electrons. The fourth-order valence-corrected chi connectivity index (χ4v) is 1.90. The van der Waals surface area contributed by atoms with Gasteiger partial charge in [0.15, 0.2) is 0 Å². The van der Waals surface area contributed by atoms with Crippen molar-refractivity contribution in [3.05, 3.63) is 21.9 Å². The molecule has 0 bridgehead atoms. The van der Waals surface area contributed by atoms with E-state index < -0.39 is 0 Å². The highest BCUT2D eigenvalue weighted by Crippen LogP contribution is 2.21. The summed E-state index contributed by atoms with van der Waals surface area (Å²) in [6.07, 6.45) is 2.26. The van der Waals surface area contributed by atoms with Crippen molar-refractivity contribution >= 4 is 11.3 Å². The van der Waals surface area contributed by atoms with Crippen molar-refractivity contribution in [3.8, 4) is 0 Å². The average Bonchev–Trinajstić information content (AvgIpc) is 2.36. The van der Waals surface area contributed by atoms with Gasteiger partial charge in [-0.15, -0.1) is 11.3 Å². The second-order valence-corrected chi connectivity index (χ2v) is 4.00. The van der Waals surface area contributed by atoms with Gasteiger partial charge in [0, 0.05) is 10.9 Å². The second-order valence-electron chi connectivity index (χ2n) is 2.89. The predicted octanol–water partition coefficient (Wildman–Crippen LogP) is 2.86. The summed E-state index contributed by atoms with van der Waals surface area (Å²) in [5.74, 6) is 0. The third-order valence-electron chi connectivity index (χ3n) is 1.78. The van der Waals surface area contributed by atoms with Crippen LogP contribution in [0.1, 0.15) is 36.2 Å². The average molecular weight is 169 g/mol. The van der Waals surface area contributed by atoms with Crippen LogP contribution in [-0.4, -0.2) is 0 Å². The van der Waals surface area contributed by atoms with E-state index >= 15 is 0 Å². The van der Waals surface area contributed by atoms with Gasteiger partial charge in [-0.1, -0.05) is 13.3 Å². The molecule has 1 rings (SSSR count). The van der Waals surface area contributed by atoms with E-state index in [9.17, 15) is 0 Å². The summed E-state index contributed by atoms with van der Waals surface area (Å²) in [6, 6.07) is 2.44. The highest BCUT2D eigenvalue weighted by Gasteiger charge is 2.05. The first-order chi connectivity index (χ1) is 5.24. The lowest BCUT2D eigenvalue weighted by Crippen LogP contribution is -2.08. The molecule has 1 aromatic rings. The van der Waals surface area contributed by atoms with Crippen LogP contribution >= 0.6 is 11.3 Å². The minimum absolute atomic E-state index is 0.255. The highest BCUT2D eigenvalue weighted by molar-refractivity contribution is 7.10. The summed E-state index contributed by atoms with van der Waals surface area (Å²) in [4.78, 5) is 1.35. The van der Waals surface area contributed by atoms with Crippen molar-refractivity contribution in [2.45, 2.75) is 32.7 Å². The van der Waals surface area contributed by atoms with Crippen LogP contribution < -0.4 is 5.73 Å². The molecule has 0 spiro atoms. The summed E-state index contributed by atoms with van der Waals surface area (Å²) < 4.78 is 0. The summed E-state index contributed by atoms with van der Waals surface area (Å²) in [5.41, 5.74) is 7.23. The van der Waals surface area contributed by atoms with Gasteiger partial charge in [0.1, 0.15) is 0 Å². The first-order valence-electron chi connectivity index (χ1n) is 4.04. The summed E-state index contributed by atoms with van der Waals surface area (Å²) in [6.45, 7) is 4.28. The van der Waals surface area contributed by atoms with Crippen molar-refractivity contribution in [3.63, 3.8) is 0 Å². The third-order valence-corrected chi connectivity index (χ3v) is 2.66. The van der Waals surface area contributed by atoms with E-state index in [1.54, 1.807) is 11.3 Å². The molecule has 0 saturated carbocycles. The molecule has 2 N–H and O–H groups in total. The van der Waals surface area contributed by atoms with Crippen LogP contribution in [-0.2, 0) is 0 Å². The van der Waals surface area contributed by atoms with Gasteiger partial charge < -0.3 is 5.73 Å². The molecule has 0 amide bonds. The molecule has 1 unspecified atom stereocenters. The molecule has 0 aliphatic carbocycles. The number of hydrogen-bond donors (Lipinski definition) is 1. The van der Waals surface area contributed by atoms with Crippen molar-refractivity contribution in [2.75, 3.05) is 0 Å². The molecule has 0 aliphatic rings. The van der Waals surface area contributed by atoms with Gasteiger partial charge in [-0.2, -0.15) is 0 Å². The Hall–Kier alpha value is -0.340. The van der Waals surface area contributed by atoms with Crippen molar-refractivity contribution in [1.82, 2.24) is 0 Å². The second kappa shape index (κ2) is 3.88. The van der Waals surface area contributed by atoms with Gasteiger partial charge in [-0.3, -0.25) is 0 Å².